The van der Waals surface area contributed by atoms with Gasteiger partial charge in [-0.2, -0.15) is 0 Å². The lowest BCUT2D eigenvalue weighted by molar-refractivity contribution is -0.112. The van der Waals surface area contributed by atoms with Crippen LogP contribution in [0.15, 0.2) is 0 Å². The molecule has 8 heavy (non-hydrogen) atoms. The van der Waals surface area contributed by atoms with E-state index in [1.165, 1.54) is 0 Å². The zero-order valence-corrected chi connectivity index (χ0v) is 5.10. The lowest BCUT2D eigenvalue weighted by atomic mass is 9.92. The van der Waals surface area contributed by atoms with Gasteiger partial charge < -0.3 is 4.79 Å². The molecule has 0 saturated carbocycles. The van der Waals surface area contributed by atoms with E-state index in [0.29, 0.717) is 12.7 Å². The molecule has 0 N–H and O–H groups in total. The minimum atomic E-state index is -0.861. The van der Waals surface area contributed by atoms with Gasteiger partial charge in [-0.3, -0.25) is 4.79 Å². The van der Waals surface area contributed by atoms with Gasteiger partial charge in [-0.15, -0.1) is 0 Å². The zero-order chi connectivity index (χ0) is 6.62. The van der Waals surface area contributed by atoms with Crippen molar-refractivity contribution in [2.24, 2.45) is 5.41 Å². The predicted molar refractivity (Wildman–Crippen MR) is 30.2 cm³/mol. The monoisotopic (exact) mass is 113 g/mol. The molecule has 0 rings (SSSR count). The minimum Gasteiger partial charge on any atom is -0.302 e. The predicted octanol–water partition coefficient (Wildman–Crippen LogP) is 0.711. The molecule has 2 nitrogen and oxygen atoms in total. The van der Waals surface area contributed by atoms with Gasteiger partial charge in [0.25, 0.3) is 0 Å². The van der Waals surface area contributed by atoms with Crippen molar-refractivity contribution in [3.8, 4) is 0 Å². The van der Waals surface area contributed by atoms with Crippen LogP contribution < -0.4 is 0 Å². The van der Waals surface area contributed by atoms with E-state index in [0.717, 1.165) is 0 Å². The Morgan fingerprint density at radius 2 is 2.25 bits per heavy atom. The first kappa shape index (κ1) is 7.34. The van der Waals surface area contributed by atoms with Crippen molar-refractivity contribution in [1.82, 2.24) is 0 Å². The molecule has 0 spiro atoms. The second-order valence-corrected chi connectivity index (χ2v) is 1.99. The third-order valence-corrected chi connectivity index (χ3v) is 1.23. The quantitative estimate of drug-likeness (QED) is 0.399. The maximum Gasteiger partial charge on any atom is 0.212 e. The third kappa shape index (κ3) is 1.45. The fourth-order valence-electron chi connectivity index (χ4n) is 0.180. The van der Waals surface area contributed by atoms with Crippen LogP contribution in [0.5, 0.6) is 0 Å². The van der Waals surface area contributed by atoms with Crippen molar-refractivity contribution in [2.45, 2.75) is 20.3 Å². The van der Waals surface area contributed by atoms with Crippen molar-refractivity contribution in [3.05, 3.63) is 0 Å². The number of carbonyl (C=O) groups is 1. The summed E-state index contributed by atoms with van der Waals surface area (Å²) < 4.78 is 0. The largest absolute Gasteiger partial charge is 0.302 e. The van der Waals surface area contributed by atoms with Gasteiger partial charge in [0, 0.05) is 0 Å². The summed E-state index contributed by atoms with van der Waals surface area (Å²) in [6, 6.07) is 0. The first-order chi connectivity index (χ1) is 3.68. The van der Waals surface area contributed by atoms with Crippen molar-refractivity contribution in [3.63, 3.8) is 0 Å². The molecule has 0 saturated heterocycles. The molecular formula is C6H9O2. The Kier molecular flexibility index (Phi) is 2.38. The highest BCUT2D eigenvalue weighted by atomic mass is 16.1. The maximum atomic E-state index is 10.0. The Morgan fingerprint density at radius 1 is 1.75 bits per heavy atom. The topological polar surface area (TPSA) is 34.1 Å². The van der Waals surface area contributed by atoms with E-state index in [4.69, 9.17) is 0 Å². The van der Waals surface area contributed by atoms with Crippen LogP contribution >= 0.6 is 0 Å². The Balaban J connectivity index is 3.96. The molecule has 0 fully saturated rings. The Labute approximate surface area is 48.9 Å². The summed E-state index contributed by atoms with van der Waals surface area (Å²) in [5, 5.41) is 0. The number of carbonyl (C=O) groups excluding carboxylic acids is 2. The van der Waals surface area contributed by atoms with Gasteiger partial charge in [0.2, 0.25) is 6.29 Å². The van der Waals surface area contributed by atoms with Crippen LogP contribution in [0.1, 0.15) is 20.3 Å². The van der Waals surface area contributed by atoms with Crippen LogP contribution in [0, 0.1) is 5.41 Å². The van der Waals surface area contributed by atoms with E-state index >= 15 is 0 Å². The van der Waals surface area contributed by atoms with Gasteiger partial charge in [-0.05, 0) is 13.3 Å². The molecule has 0 bridgehead atoms. The fourth-order valence-corrected chi connectivity index (χ4v) is 0.180. The van der Waals surface area contributed by atoms with Crippen LogP contribution in [0.4, 0.5) is 0 Å². The average Bonchev–Trinajstić information content (AvgIpc) is 1.87. The minimum absolute atomic E-state index is 0.528. The van der Waals surface area contributed by atoms with Crippen molar-refractivity contribution >= 4 is 12.6 Å². The molecule has 0 aliphatic carbocycles. The van der Waals surface area contributed by atoms with Gasteiger partial charge in [-0.25, -0.2) is 0 Å². The molecular weight excluding hydrogens is 104 g/mol. The van der Waals surface area contributed by atoms with Gasteiger partial charge in [-0.1, -0.05) is 6.92 Å². The van der Waals surface area contributed by atoms with Crippen LogP contribution in [-0.4, -0.2) is 12.6 Å². The summed E-state index contributed by atoms with van der Waals surface area (Å²) in [6.07, 6.45) is 2.81. The molecule has 0 aliphatic rings. The first-order valence-electron chi connectivity index (χ1n) is 2.54. The first-order valence-corrected chi connectivity index (χ1v) is 2.54. The normalized spacial score (nSPS) is 10.8. The number of hydrogen-bond acceptors (Lipinski definition) is 2. The van der Waals surface area contributed by atoms with Gasteiger partial charge in [0.05, 0.1) is 5.41 Å². The highest BCUT2D eigenvalue weighted by Crippen LogP contribution is 2.12. The summed E-state index contributed by atoms with van der Waals surface area (Å²) in [7, 11) is 0. The number of hydrogen-bond donors (Lipinski definition) is 0. The van der Waals surface area contributed by atoms with E-state index in [2.05, 4.69) is 0 Å². The lowest BCUT2D eigenvalue weighted by Gasteiger charge is -2.07. The maximum absolute atomic E-state index is 10.0. The van der Waals surface area contributed by atoms with Gasteiger partial charge in [0.1, 0.15) is 6.29 Å². The molecule has 1 radical (unpaired) electrons. The summed E-state index contributed by atoms with van der Waals surface area (Å²) in [6.45, 7) is 3.34. The van der Waals surface area contributed by atoms with E-state index in [1.807, 2.05) is 0 Å². The number of aldehydes is 1. The van der Waals surface area contributed by atoms with Crippen LogP contribution in [0.3, 0.4) is 0 Å². The van der Waals surface area contributed by atoms with Crippen LogP contribution in [-0.2, 0) is 9.59 Å². The Hall–Kier alpha value is -0.660. The molecule has 0 amide bonds. The highest BCUT2D eigenvalue weighted by molar-refractivity contribution is 5.83. The molecule has 0 heterocycles. The zero-order valence-electron chi connectivity index (χ0n) is 5.10. The molecule has 0 aromatic carbocycles. The smallest absolute Gasteiger partial charge is 0.212 e. The van der Waals surface area contributed by atoms with Crippen molar-refractivity contribution < 1.29 is 9.59 Å². The van der Waals surface area contributed by atoms with E-state index in [9.17, 15) is 9.59 Å². The summed E-state index contributed by atoms with van der Waals surface area (Å²) in [5.74, 6) is 0. The highest BCUT2D eigenvalue weighted by Gasteiger charge is 2.20. The van der Waals surface area contributed by atoms with Gasteiger partial charge in [0.15, 0.2) is 0 Å². The van der Waals surface area contributed by atoms with E-state index < -0.39 is 5.41 Å². The molecule has 0 aliphatic heterocycles. The lowest BCUT2D eigenvalue weighted by Crippen LogP contribution is -2.17. The van der Waals surface area contributed by atoms with Crippen molar-refractivity contribution in [2.75, 3.05) is 0 Å². The molecule has 0 aromatic rings. The number of rotatable bonds is 3. The van der Waals surface area contributed by atoms with Crippen LogP contribution in [0.25, 0.3) is 0 Å². The molecule has 45 valence electrons. The SMILES string of the molecule is CCC(C)([C]=O)C=O. The molecule has 0 aromatic heterocycles. The average molecular weight is 113 g/mol. The van der Waals surface area contributed by atoms with Gasteiger partial charge >= 0.3 is 0 Å². The van der Waals surface area contributed by atoms with E-state index in [-0.39, 0.29) is 0 Å². The summed E-state index contributed by atoms with van der Waals surface area (Å²) >= 11 is 0. The third-order valence-electron chi connectivity index (χ3n) is 1.23. The van der Waals surface area contributed by atoms with Crippen LogP contribution in [0.2, 0.25) is 0 Å². The second-order valence-electron chi connectivity index (χ2n) is 1.99. The Bertz CT molecular complexity index is 88.7. The molecule has 2 heteroatoms. The second kappa shape index (κ2) is 2.60. The molecule has 1 unspecified atom stereocenters. The standard InChI is InChI=1S/C6H9O2/c1-3-6(2,4-7)5-8/h4H,3H2,1-2H3. The fraction of sp³-hybridized carbons (Fsp3) is 0.667. The summed E-state index contributed by atoms with van der Waals surface area (Å²) in [5.41, 5.74) is -0.861. The van der Waals surface area contributed by atoms with E-state index in [1.54, 1.807) is 20.1 Å². The van der Waals surface area contributed by atoms with Crippen molar-refractivity contribution in [1.29, 1.82) is 0 Å². The Morgan fingerprint density at radius 3 is 2.25 bits per heavy atom. The summed E-state index contributed by atoms with van der Waals surface area (Å²) in [4.78, 5) is 20.0. The molecule has 1 atom stereocenters.